The van der Waals surface area contributed by atoms with Gasteiger partial charge < -0.3 is 14.8 Å². The first-order chi connectivity index (χ1) is 14.0. The summed E-state index contributed by atoms with van der Waals surface area (Å²) in [6.45, 7) is 4.00. The number of hydrogen-bond acceptors (Lipinski definition) is 5. The van der Waals surface area contributed by atoms with Crippen LogP contribution < -0.4 is 10.1 Å². The van der Waals surface area contributed by atoms with Gasteiger partial charge in [-0.05, 0) is 46.7 Å². The number of thiophene rings is 1. The standard InChI is InChI=1S/C23H23NO4S/c1-15(2)19-14-29-22(21(19)23(26)27-3)24-20(25)13-16-8-7-11-18(12-16)28-17-9-5-4-6-10-17/h4-12,14-15H,13H2,1-3H3,(H,24,25). The Morgan fingerprint density at radius 3 is 2.45 bits per heavy atom. The van der Waals surface area contributed by atoms with Gasteiger partial charge in [0.2, 0.25) is 5.91 Å². The van der Waals surface area contributed by atoms with Crippen LogP contribution in [0.25, 0.3) is 0 Å². The Bertz CT molecular complexity index is 995. The van der Waals surface area contributed by atoms with E-state index in [0.29, 0.717) is 16.3 Å². The van der Waals surface area contributed by atoms with Gasteiger partial charge in [0.15, 0.2) is 0 Å². The van der Waals surface area contributed by atoms with Crippen molar-refractivity contribution in [3.8, 4) is 11.5 Å². The molecule has 6 heteroatoms. The van der Waals surface area contributed by atoms with Crippen molar-refractivity contribution in [2.24, 2.45) is 0 Å². The predicted octanol–water partition coefficient (Wildman–Crippen LogP) is 5.63. The van der Waals surface area contributed by atoms with Crippen LogP contribution in [-0.4, -0.2) is 19.0 Å². The van der Waals surface area contributed by atoms with Crippen LogP contribution >= 0.6 is 11.3 Å². The molecule has 1 aromatic heterocycles. The van der Waals surface area contributed by atoms with E-state index in [9.17, 15) is 9.59 Å². The maximum absolute atomic E-state index is 12.6. The number of esters is 1. The summed E-state index contributed by atoms with van der Waals surface area (Å²) in [4.78, 5) is 24.8. The van der Waals surface area contributed by atoms with Crippen LogP contribution in [0.15, 0.2) is 60.0 Å². The highest BCUT2D eigenvalue weighted by atomic mass is 32.1. The molecule has 3 aromatic rings. The molecular weight excluding hydrogens is 386 g/mol. The van der Waals surface area contributed by atoms with Gasteiger partial charge in [0.05, 0.1) is 19.1 Å². The van der Waals surface area contributed by atoms with Crippen molar-refractivity contribution in [2.45, 2.75) is 26.2 Å². The number of rotatable bonds is 7. The van der Waals surface area contributed by atoms with E-state index in [2.05, 4.69) is 5.32 Å². The molecule has 0 aliphatic heterocycles. The third-order valence-electron chi connectivity index (χ3n) is 4.33. The van der Waals surface area contributed by atoms with E-state index in [4.69, 9.17) is 9.47 Å². The minimum atomic E-state index is -0.441. The zero-order valence-electron chi connectivity index (χ0n) is 16.6. The maximum Gasteiger partial charge on any atom is 0.341 e. The minimum Gasteiger partial charge on any atom is -0.465 e. The van der Waals surface area contributed by atoms with Crippen LogP contribution in [0, 0.1) is 0 Å². The highest BCUT2D eigenvalue weighted by Crippen LogP contribution is 2.33. The van der Waals surface area contributed by atoms with E-state index in [1.54, 1.807) is 0 Å². The highest BCUT2D eigenvalue weighted by Gasteiger charge is 2.22. The molecule has 0 unspecified atom stereocenters. The van der Waals surface area contributed by atoms with Crippen LogP contribution in [0.1, 0.15) is 41.3 Å². The molecule has 0 aliphatic carbocycles. The average Bonchev–Trinajstić information content (AvgIpc) is 3.12. The average molecular weight is 410 g/mol. The van der Waals surface area contributed by atoms with Gasteiger partial charge in [-0.3, -0.25) is 4.79 Å². The first-order valence-electron chi connectivity index (χ1n) is 9.29. The molecule has 150 valence electrons. The summed E-state index contributed by atoms with van der Waals surface area (Å²) in [6.07, 6.45) is 0.168. The largest absolute Gasteiger partial charge is 0.465 e. The summed E-state index contributed by atoms with van der Waals surface area (Å²) in [7, 11) is 1.34. The van der Waals surface area contributed by atoms with Crippen molar-refractivity contribution in [3.63, 3.8) is 0 Å². The first kappa shape index (κ1) is 20.6. The molecule has 5 nitrogen and oxygen atoms in total. The van der Waals surface area contributed by atoms with Crippen LogP contribution in [-0.2, 0) is 16.0 Å². The van der Waals surface area contributed by atoms with Crippen molar-refractivity contribution in [1.82, 2.24) is 0 Å². The molecule has 0 saturated carbocycles. The molecule has 29 heavy (non-hydrogen) atoms. The molecule has 0 radical (unpaired) electrons. The normalized spacial score (nSPS) is 10.6. The Morgan fingerprint density at radius 1 is 1.03 bits per heavy atom. The molecule has 3 rings (SSSR count). The van der Waals surface area contributed by atoms with Crippen LogP contribution in [0.5, 0.6) is 11.5 Å². The summed E-state index contributed by atoms with van der Waals surface area (Å²) >= 11 is 1.33. The summed E-state index contributed by atoms with van der Waals surface area (Å²) in [5.41, 5.74) is 2.12. The Hall–Kier alpha value is -3.12. The number of methoxy groups -OCH3 is 1. The van der Waals surface area contributed by atoms with Gasteiger partial charge in [-0.25, -0.2) is 4.79 Å². The second-order valence-corrected chi connectivity index (χ2v) is 7.71. The van der Waals surface area contributed by atoms with Crippen molar-refractivity contribution in [3.05, 3.63) is 76.7 Å². The minimum absolute atomic E-state index is 0.151. The van der Waals surface area contributed by atoms with Gasteiger partial charge in [-0.2, -0.15) is 0 Å². The number of anilines is 1. The van der Waals surface area contributed by atoms with E-state index in [-0.39, 0.29) is 18.2 Å². The third kappa shape index (κ3) is 5.23. The van der Waals surface area contributed by atoms with E-state index in [1.165, 1.54) is 18.4 Å². The molecule has 0 fully saturated rings. The van der Waals surface area contributed by atoms with Crippen molar-refractivity contribution in [2.75, 3.05) is 12.4 Å². The third-order valence-corrected chi connectivity index (χ3v) is 5.24. The van der Waals surface area contributed by atoms with Crippen LogP contribution in [0.3, 0.4) is 0 Å². The number of ether oxygens (including phenoxy) is 2. The number of carbonyl (C=O) groups is 2. The molecule has 1 N–H and O–H groups in total. The lowest BCUT2D eigenvalue weighted by molar-refractivity contribution is -0.115. The van der Waals surface area contributed by atoms with Gasteiger partial charge in [0.1, 0.15) is 16.5 Å². The molecular formula is C23H23NO4S. The molecule has 0 spiro atoms. The number of benzene rings is 2. The molecule has 0 aliphatic rings. The zero-order chi connectivity index (χ0) is 20.8. The molecule has 0 bridgehead atoms. The number of hydrogen-bond donors (Lipinski definition) is 1. The highest BCUT2D eigenvalue weighted by molar-refractivity contribution is 7.15. The van der Waals surface area contributed by atoms with Gasteiger partial charge in [0, 0.05) is 0 Å². The molecule has 1 heterocycles. The topological polar surface area (TPSA) is 64.6 Å². The Morgan fingerprint density at radius 2 is 1.76 bits per heavy atom. The summed E-state index contributed by atoms with van der Waals surface area (Å²) in [5.74, 6) is 0.900. The number of amides is 1. The lowest BCUT2D eigenvalue weighted by Gasteiger charge is -2.10. The molecule has 1 amide bonds. The fraction of sp³-hybridized carbons (Fsp3) is 0.217. The lowest BCUT2D eigenvalue weighted by atomic mass is 10.0. The van der Waals surface area contributed by atoms with E-state index in [1.807, 2.05) is 73.8 Å². The molecule has 0 atom stereocenters. The Balaban J connectivity index is 1.72. The first-order valence-corrected chi connectivity index (χ1v) is 10.2. The second kappa shape index (κ2) is 9.39. The van der Waals surface area contributed by atoms with Gasteiger partial charge in [-0.1, -0.05) is 44.2 Å². The van der Waals surface area contributed by atoms with E-state index >= 15 is 0 Å². The lowest BCUT2D eigenvalue weighted by Crippen LogP contribution is -2.16. The zero-order valence-corrected chi connectivity index (χ0v) is 17.4. The fourth-order valence-electron chi connectivity index (χ4n) is 2.90. The van der Waals surface area contributed by atoms with E-state index < -0.39 is 5.97 Å². The van der Waals surface area contributed by atoms with Crippen molar-refractivity contribution < 1.29 is 19.1 Å². The fourth-order valence-corrected chi connectivity index (χ4v) is 4.03. The van der Waals surface area contributed by atoms with Gasteiger partial charge >= 0.3 is 5.97 Å². The second-order valence-electron chi connectivity index (χ2n) is 6.83. The maximum atomic E-state index is 12.6. The monoisotopic (exact) mass is 409 g/mol. The van der Waals surface area contributed by atoms with Crippen molar-refractivity contribution >= 4 is 28.2 Å². The molecule has 0 saturated heterocycles. The summed E-state index contributed by atoms with van der Waals surface area (Å²) < 4.78 is 10.7. The SMILES string of the molecule is COC(=O)c1c(C(C)C)csc1NC(=O)Cc1cccc(Oc2ccccc2)c1. The van der Waals surface area contributed by atoms with Gasteiger partial charge in [0.25, 0.3) is 0 Å². The number of nitrogens with one attached hydrogen (secondary N) is 1. The summed E-state index contributed by atoms with van der Waals surface area (Å²) in [6, 6.07) is 16.9. The number of para-hydroxylation sites is 1. The van der Waals surface area contributed by atoms with Crippen LogP contribution in [0.2, 0.25) is 0 Å². The smallest absolute Gasteiger partial charge is 0.341 e. The number of carbonyl (C=O) groups excluding carboxylic acids is 2. The Labute approximate surface area is 174 Å². The molecule has 2 aromatic carbocycles. The van der Waals surface area contributed by atoms with Gasteiger partial charge in [-0.15, -0.1) is 11.3 Å². The quantitative estimate of drug-likeness (QED) is 0.514. The predicted molar refractivity (Wildman–Crippen MR) is 115 cm³/mol. The summed E-state index contributed by atoms with van der Waals surface area (Å²) in [5, 5.41) is 5.26. The van der Waals surface area contributed by atoms with Crippen molar-refractivity contribution in [1.29, 1.82) is 0 Å². The van der Waals surface area contributed by atoms with Crippen LogP contribution in [0.4, 0.5) is 5.00 Å². The van der Waals surface area contributed by atoms with E-state index in [0.717, 1.165) is 16.9 Å². The Kier molecular flexibility index (Phi) is 6.67.